The lowest BCUT2D eigenvalue weighted by Gasteiger charge is -2.31. The number of para-hydroxylation sites is 1. The average Bonchev–Trinajstić information content (AvgIpc) is 3.17. The van der Waals surface area contributed by atoms with Crippen LogP contribution in [0.4, 0.5) is 0 Å². The Morgan fingerprint density at radius 3 is 3.12 bits per heavy atom. The molecule has 3 heterocycles. The van der Waals surface area contributed by atoms with Crippen molar-refractivity contribution in [3.8, 4) is 0 Å². The van der Waals surface area contributed by atoms with Gasteiger partial charge in [0.1, 0.15) is 6.10 Å². The number of H-pyrrole nitrogens is 1. The van der Waals surface area contributed by atoms with Crippen molar-refractivity contribution in [2.24, 2.45) is 0 Å². The SMILES string of the molecule is O=C(Cc1cccc2cccnc12)N1CCOC(c2nn[nH]n2)C1. The first-order valence-electron chi connectivity index (χ1n) is 7.76. The fourth-order valence-corrected chi connectivity index (χ4v) is 2.92. The highest BCUT2D eigenvalue weighted by atomic mass is 16.5. The molecule has 3 aromatic rings. The summed E-state index contributed by atoms with van der Waals surface area (Å²) in [7, 11) is 0. The fraction of sp³-hybridized carbons (Fsp3) is 0.312. The van der Waals surface area contributed by atoms with E-state index in [0.717, 1.165) is 16.5 Å². The Bertz CT molecular complexity index is 845. The van der Waals surface area contributed by atoms with E-state index >= 15 is 0 Å². The lowest BCUT2D eigenvalue weighted by atomic mass is 10.1. The second-order valence-electron chi connectivity index (χ2n) is 5.64. The number of nitrogens with one attached hydrogen (secondary N) is 1. The molecule has 1 saturated heterocycles. The summed E-state index contributed by atoms with van der Waals surface area (Å²) in [6, 6.07) is 9.79. The number of rotatable bonds is 3. The zero-order valence-electron chi connectivity index (χ0n) is 12.9. The van der Waals surface area contributed by atoms with Crippen LogP contribution in [0.15, 0.2) is 36.5 Å². The van der Waals surface area contributed by atoms with Crippen molar-refractivity contribution >= 4 is 16.8 Å². The number of aromatic nitrogens is 5. The maximum Gasteiger partial charge on any atom is 0.227 e. The Labute approximate surface area is 137 Å². The van der Waals surface area contributed by atoms with Gasteiger partial charge in [0.2, 0.25) is 11.7 Å². The summed E-state index contributed by atoms with van der Waals surface area (Å²) in [4.78, 5) is 18.9. The van der Waals surface area contributed by atoms with E-state index in [0.29, 0.717) is 31.9 Å². The second-order valence-corrected chi connectivity index (χ2v) is 5.64. The number of carbonyl (C=O) groups is 1. The number of amides is 1. The number of ether oxygens (including phenoxy) is 1. The Morgan fingerprint density at radius 1 is 1.33 bits per heavy atom. The maximum atomic E-state index is 12.7. The summed E-state index contributed by atoms with van der Waals surface area (Å²) in [6.07, 6.45) is 1.72. The molecular weight excluding hydrogens is 308 g/mol. The molecule has 1 atom stereocenters. The molecule has 2 aromatic heterocycles. The van der Waals surface area contributed by atoms with Gasteiger partial charge in [-0.05, 0) is 11.6 Å². The van der Waals surface area contributed by atoms with Gasteiger partial charge in [-0.3, -0.25) is 9.78 Å². The smallest absolute Gasteiger partial charge is 0.227 e. The van der Waals surface area contributed by atoms with E-state index in [4.69, 9.17) is 4.74 Å². The molecule has 4 rings (SSSR count). The summed E-state index contributed by atoms with van der Waals surface area (Å²) in [6.45, 7) is 1.45. The largest absolute Gasteiger partial charge is 0.366 e. The van der Waals surface area contributed by atoms with Gasteiger partial charge in [0.05, 0.1) is 25.1 Å². The molecular formula is C16H16N6O2. The third kappa shape index (κ3) is 2.83. The molecule has 122 valence electrons. The van der Waals surface area contributed by atoms with Crippen molar-refractivity contribution in [3.63, 3.8) is 0 Å². The van der Waals surface area contributed by atoms with Gasteiger partial charge in [0.25, 0.3) is 0 Å². The number of carbonyl (C=O) groups excluding carboxylic acids is 1. The minimum atomic E-state index is -0.341. The Hall–Kier alpha value is -2.87. The van der Waals surface area contributed by atoms with Crippen molar-refractivity contribution in [2.45, 2.75) is 12.5 Å². The highest BCUT2D eigenvalue weighted by molar-refractivity contribution is 5.87. The van der Waals surface area contributed by atoms with Crippen LogP contribution in [0.5, 0.6) is 0 Å². The topological polar surface area (TPSA) is 96.9 Å². The lowest BCUT2D eigenvalue weighted by molar-refractivity contribution is -0.138. The molecule has 1 fully saturated rings. The molecule has 1 N–H and O–H groups in total. The second kappa shape index (κ2) is 6.32. The molecule has 0 spiro atoms. The number of morpholine rings is 1. The number of hydrogen-bond donors (Lipinski definition) is 1. The van der Waals surface area contributed by atoms with E-state index < -0.39 is 0 Å². The quantitative estimate of drug-likeness (QED) is 0.768. The molecule has 8 nitrogen and oxygen atoms in total. The van der Waals surface area contributed by atoms with Gasteiger partial charge < -0.3 is 9.64 Å². The molecule has 0 aliphatic carbocycles. The first kappa shape index (κ1) is 14.7. The lowest BCUT2D eigenvalue weighted by Crippen LogP contribution is -2.43. The van der Waals surface area contributed by atoms with Gasteiger partial charge in [-0.2, -0.15) is 5.21 Å². The molecule has 0 bridgehead atoms. The number of benzene rings is 1. The van der Waals surface area contributed by atoms with E-state index in [1.165, 1.54) is 0 Å². The maximum absolute atomic E-state index is 12.7. The third-order valence-electron chi connectivity index (χ3n) is 4.13. The predicted molar refractivity (Wildman–Crippen MR) is 84.9 cm³/mol. The minimum absolute atomic E-state index is 0.0462. The van der Waals surface area contributed by atoms with Crippen LogP contribution >= 0.6 is 0 Å². The van der Waals surface area contributed by atoms with Crippen LogP contribution in [0, 0.1) is 0 Å². The van der Waals surface area contributed by atoms with Crippen LogP contribution in [0.2, 0.25) is 0 Å². The first-order valence-corrected chi connectivity index (χ1v) is 7.76. The fourth-order valence-electron chi connectivity index (χ4n) is 2.92. The van der Waals surface area contributed by atoms with Crippen LogP contribution < -0.4 is 0 Å². The summed E-state index contributed by atoms with van der Waals surface area (Å²) in [5.74, 6) is 0.518. The third-order valence-corrected chi connectivity index (χ3v) is 4.13. The van der Waals surface area contributed by atoms with E-state index in [1.807, 2.05) is 30.3 Å². The Morgan fingerprint density at radius 2 is 2.25 bits per heavy atom. The highest BCUT2D eigenvalue weighted by Crippen LogP contribution is 2.21. The van der Waals surface area contributed by atoms with Crippen molar-refractivity contribution < 1.29 is 9.53 Å². The Balaban J connectivity index is 1.51. The van der Waals surface area contributed by atoms with Gasteiger partial charge in [-0.1, -0.05) is 29.5 Å². The molecule has 8 heteroatoms. The molecule has 1 aromatic carbocycles. The number of hydrogen-bond acceptors (Lipinski definition) is 6. The van der Waals surface area contributed by atoms with E-state index in [9.17, 15) is 4.79 Å². The zero-order valence-corrected chi connectivity index (χ0v) is 12.9. The summed E-state index contributed by atoms with van der Waals surface area (Å²) >= 11 is 0. The van der Waals surface area contributed by atoms with Crippen LogP contribution in [-0.2, 0) is 16.0 Å². The molecule has 1 aliphatic rings. The Kier molecular flexibility index (Phi) is 3.87. The molecule has 24 heavy (non-hydrogen) atoms. The highest BCUT2D eigenvalue weighted by Gasteiger charge is 2.28. The number of nitrogens with zero attached hydrogens (tertiary/aromatic N) is 5. The number of aromatic amines is 1. The van der Waals surface area contributed by atoms with Crippen molar-refractivity contribution in [2.75, 3.05) is 19.7 Å². The zero-order chi connectivity index (χ0) is 16.4. The van der Waals surface area contributed by atoms with Gasteiger partial charge >= 0.3 is 0 Å². The number of pyridine rings is 1. The molecule has 0 saturated carbocycles. The van der Waals surface area contributed by atoms with Crippen LogP contribution in [-0.4, -0.2) is 56.1 Å². The normalized spacial score (nSPS) is 18.0. The van der Waals surface area contributed by atoms with Crippen LogP contribution in [0.1, 0.15) is 17.5 Å². The standard InChI is InChI=1S/C16H16N6O2/c23-14(9-12-4-1-3-11-5-2-6-17-15(11)12)22-7-8-24-13(10-22)16-18-20-21-19-16/h1-6,13H,7-10H2,(H,18,19,20,21). The van der Waals surface area contributed by atoms with E-state index in [1.54, 1.807) is 11.1 Å². The van der Waals surface area contributed by atoms with Gasteiger partial charge in [-0.25, -0.2) is 0 Å². The van der Waals surface area contributed by atoms with Crippen molar-refractivity contribution in [1.82, 2.24) is 30.5 Å². The van der Waals surface area contributed by atoms with Gasteiger partial charge in [0, 0.05) is 18.1 Å². The average molecular weight is 324 g/mol. The molecule has 0 radical (unpaired) electrons. The molecule has 1 aliphatic heterocycles. The van der Waals surface area contributed by atoms with E-state index in [-0.39, 0.29) is 12.0 Å². The van der Waals surface area contributed by atoms with Crippen LogP contribution in [0.25, 0.3) is 10.9 Å². The molecule has 1 amide bonds. The minimum Gasteiger partial charge on any atom is -0.366 e. The first-order chi connectivity index (χ1) is 11.8. The van der Waals surface area contributed by atoms with Crippen molar-refractivity contribution in [3.05, 3.63) is 47.9 Å². The number of fused-ring (bicyclic) bond motifs is 1. The van der Waals surface area contributed by atoms with Gasteiger partial charge in [0.15, 0.2) is 0 Å². The van der Waals surface area contributed by atoms with E-state index in [2.05, 4.69) is 25.6 Å². The predicted octanol–water partition coefficient (Wildman–Crippen LogP) is 0.890. The van der Waals surface area contributed by atoms with Crippen LogP contribution in [0.3, 0.4) is 0 Å². The van der Waals surface area contributed by atoms with Gasteiger partial charge in [-0.15, -0.1) is 10.2 Å². The number of tetrazole rings is 1. The monoisotopic (exact) mass is 324 g/mol. The summed E-state index contributed by atoms with van der Waals surface area (Å²) in [5, 5.41) is 14.9. The molecule has 1 unspecified atom stereocenters. The van der Waals surface area contributed by atoms with Crippen molar-refractivity contribution in [1.29, 1.82) is 0 Å². The summed E-state index contributed by atoms with van der Waals surface area (Å²) < 4.78 is 5.63. The summed E-state index contributed by atoms with van der Waals surface area (Å²) in [5.41, 5.74) is 1.80.